The molecule has 3 rings (SSSR count). The Morgan fingerprint density at radius 3 is 2.72 bits per heavy atom. The molecule has 6 nitrogen and oxygen atoms in total. The van der Waals surface area contributed by atoms with Gasteiger partial charge in [-0.3, -0.25) is 0 Å². The van der Waals surface area contributed by atoms with E-state index in [0.717, 1.165) is 5.56 Å². The van der Waals surface area contributed by atoms with E-state index in [1.807, 2.05) is 0 Å². The van der Waals surface area contributed by atoms with Crippen molar-refractivity contribution in [3.63, 3.8) is 0 Å². The molecule has 1 aromatic heterocycles. The van der Waals surface area contributed by atoms with Gasteiger partial charge in [0, 0.05) is 11.6 Å². The first-order chi connectivity index (χ1) is 12.1. The number of nitrogens with one attached hydrogen (secondary N) is 2. The molecule has 0 bridgehead atoms. The summed E-state index contributed by atoms with van der Waals surface area (Å²) in [6.45, 7) is 0.450. The molecule has 3 aromatic rings. The summed E-state index contributed by atoms with van der Waals surface area (Å²) >= 11 is 6.02. The summed E-state index contributed by atoms with van der Waals surface area (Å²) in [6, 6.07) is 11.4. The predicted octanol–water partition coefficient (Wildman–Crippen LogP) is 4.03. The summed E-state index contributed by atoms with van der Waals surface area (Å²) in [6.07, 6.45) is 1.49. The molecule has 2 N–H and O–H groups in total. The molecule has 8 heteroatoms. The van der Waals surface area contributed by atoms with Gasteiger partial charge < -0.3 is 15.4 Å². The van der Waals surface area contributed by atoms with Crippen LogP contribution < -0.4 is 15.4 Å². The average molecular weight is 360 g/mol. The fraction of sp³-hybridized carbons (Fsp3) is 0.118. The van der Waals surface area contributed by atoms with E-state index in [4.69, 9.17) is 16.3 Å². The highest BCUT2D eigenvalue weighted by Crippen LogP contribution is 2.29. The van der Waals surface area contributed by atoms with Crippen LogP contribution in [0.5, 0.6) is 5.75 Å². The number of ether oxygens (including phenoxy) is 1. The topological polar surface area (TPSA) is 72.0 Å². The maximum absolute atomic E-state index is 12.9. The molecule has 0 saturated heterocycles. The van der Waals surface area contributed by atoms with E-state index < -0.39 is 0 Å². The van der Waals surface area contributed by atoms with E-state index in [2.05, 4.69) is 25.8 Å². The zero-order valence-electron chi connectivity index (χ0n) is 13.3. The van der Waals surface area contributed by atoms with Gasteiger partial charge in [0.05, 0.1) is 19.0 Å². The van der Waals surface area contributed by atoms with Crippen molar-refractivity contribution in [1.29, 1.82) is 0 Å². The van der Waals surface area contributed by atoms with Gasteiger partial charge in [0.25, 0.3) is 0 Å². The molecule has 128 valence electrons. The molecular weight excluding hydrogens is 345 g/mol. The van der Waals surface area contributed by atoms with E-state index in [1.54, 1.807) is 37.4 Å². The number of benzene rings is 2. The molecule has 0 amide bonds. The molecule has 25 heavy (non-hydrogen) atoms. The largest absolute Gasteiger partial charge is 0.495 e. The lowest BCUT2D eigenvalue weighted by Crippen LogP contribution is -2.06. The third-order valence-corrected chi connectivity index (χ3v) is 3.58. The summed E-state index contributed by atoms with van der Waals surface area (Å²) in [4.78, 5) is 4.34. The number of halogens is 2. The number of hydrogen-bond acceptors (Lipinski definition) is 6. The van der Waals surface area contributed by atoms with Crippen LogP contribution in [0.3, 0.4) is 0 Å². The van der Waals surface area contributed by atoms with Crippen LogP contribution in [-0.4, -0.2) is 22.3 Å². The maximum Gasteiger partial charge on any atom is 0.244 e. The highest BCUT2D eigenvalue weighted by atomic mass is 35.5. The van der Waals surface area contributed by atoms with Crippen LogP contribution in [0.25, 0.3) is 0 Å². The Hall–Kier alpha value is -2.93. The molecule has 0 radical (unpaired) electrons. The first-order valence-corrected chi connectivity index (χ1v) is 7.80. The van der Waals surface area contributed by atoms with Crippen molar-refractivity contribution in [2.45, 2.75) is 6.54 Å². The second-order valence-electron chi connectivity index (χ2n) is 5.11. The summed E-state index contributed by atoms with van der Waals surface area (Å²) in [7, 11) is 1.57. The first kappa shape index (κ1) is 16.9. The van der Waals surface area contributed by atoms with Crippen LogP contribution in [0, 0.1) is 5.82 Å². The maximum atomic E-state index is 12.9. The van der Waals surface area contributed by atoms with Gasteiger partial charge in [-0.1, -0.05) is 23.7 Å². The van der Waals surface area contributed by atoms with Crippen LogP contribution >= 0.6 is 11.6 Å². The molecule has 0 unspecified atom stereocenters. The van der Waals surface area contributed by atoms with Crippen LogP contribution in [0.1, 0.15) is 5.56 Å². The average Bonchev–Trinajstić information content (AvgIpc) is 2.62. The van der Waals surface area contributed by atoms with Gasteiger partial charge in [-0.05, 0) is 35.9 Å². The molecule has 0 aliphatic rings. The van der Waals surface area contributed by atoms with Crippen LogP contribution in [-0.2, 0) is 6.54 Å². The standard InChI is InChI=1S/C17H15ClFN5O/c1-25-15-7-4-12(18)8-14(15)22-16-10-21-24-17(23-16)20-9-11-2-5-13(19)6-3-11/h2-8,10H,9H2,1H3,(H2,20,22,23,24). The Bertz CT molecular complexity index is 860. The number of hydrogen-bond donors (Lipinski definition) is 2. The van der Waals surface area contributed by atoms with E-state index >= 15 is 0 Å². The van der Waals surface area contributed by atoms with Gasteiger partial charge >= 0.3 is 0 Å². The lowest BCUT2D eigenvalue weighted by Gasteiger charge is -2.11. The molecule has 0 saturated carbocycles. The third-order valence-electron chi connectivity index (χ3n) is 3.35. The van der Waals surface area contributed by atoms with Crippen molar-refractivity contribution in [2.24, 2.45) is 0 Å². The Morgan fingerprint density at radius 2 is 1.96 bits per heavy atom. The molecule has 1 heterocycles. The summed E-state index contributed by atoms with van der Waals surface area (Å²) in [5, 5.41) is 14.6. The van der Waals surface area contributed by atoms with Gasteiger partial charge in [-0.2, -0.15) is 10.1 Å². The van der Waals surface area contributed by atoms with Crippen molar-refractivity contribution in [2.75, 3.05) is 17.7 Å². The van der Waals surface area contributed by atoms with Gasteiger partial charge in [-0.15, -0.1) is 5.10 Å². The van der Waals surface area contributed by atoms with E-state index in [9.17, 15) is 4.39 Å². The minimum absolute atomic E-state index is 0.275. The van der Waals surface area contributed by atoms with Gasteiger partial charge in [0.2, 0.25) is 5.95 Å². The van der Waals surface area contributed by atoms with Crippen LogP contribution in [0.4, 0.5) is 21.8 Å². The zero-order chi connectivity index (χ0) is 17.6. The lowest BCUT2D eigenvalue weighted by atomic mass is 10.2. The van der Waals surface area contributed by atoms with Gasteiger partial charge in [0.1, 0.15) is 11.6 Å². The summed E-state index contributed by atoms with van der Waals surface area (Å²) in [5.41, 5.74) is 1.57. The number of nitrogens with zero attached hydrogens (tertiary/aromatic N) is 3. The van der Waals surface area contributed by atoms with Gasteiger partial charge in [-0.25, -0.2) is 4.39 Å². The minimum Gasteiger partial charge on any atom is -0.495 e. The van der Waals surface area contributed by atoms with Crippen molar-refractivity contribution in [1.82, 2.24) is 15.2 Å². The normalized spacial score (nSPS) is 10.4. The first-order valence-electron chi connectivity index (χ1n) is 7.42. The molecule has 0 fully saturated rings. The molecule has 2 aromatic carbocycles. The number of methoxy groups -OCH3 is 1. The van der Waals surface area contributed by atoms with Crippen molar-refractivity contribution < 1.29 is 9.13 Å². The molecule has 0 atom stereocenters. The fourth-order valence-electron chi connectivity index (χ4n) is 2.14. The van der Waals surface area contributed by atoms with Crippen molar-refractivity contribution in [3.8, 4) is 5.75 Å². The van der Waals surface area contributed by atoms with Crippen molar-refractivity contribution >= 4 is 29.1 Å². The molecule has 0 spiro atoms. The second-order valence-corrected chi connectivity index (χ2v) is 5.55. The second kappa shape index (κ2) is 7.76. The zero-order valence-corrected chi connectivity index (χ0v) is 14.1. The number of rotatable bonds is 6. The Morgan fingerprint density at radius 1 is 1.16 bits per heavy atom. The van der Waals surface area contributed by atoms with Gasteiger partial charge in [0.15, 0.2) is 5.82 Å². The Balaban J connectivity index is 1.71. The Labute approximate surface area is 149 Å². The van der Waals surface area contributed by atoms with Crippen molar-refractivity contribution in [3.05, 3.63) is 65.1 Å². The smallest absolute Gasteiger partial charge is 0.244 e. The summed E-state index contributed by atoms with van der Waals surface area (Å²) in [5.74, 6) is 1.18. The SMILES string of the molecule is COc1ccc(Cl)cc1Nc1cnnc(NCc2ccc(F)cc2)n1. The van der Waals surface area contributed by atoms with E-state index in [0.29, 0.717) is 34.8 Å². The highest BCUT2D eigenvalue weighted by molar-refractivity contribution is 6.31. The molecule has 0 aliphatic heterocycles. The quantitative estimate of drug-likeness (QED) is 0.692. The fourth-order valence-corrected chi connectivity index (χ4v) is 2.31. The molecular formula is C17H15ClFN5O. The summed E-state index contributed by atoms with van der Waals surface area (Å²) < 4.78 is 18.2. The monoisotopic (exact) mass is 359 g/mol. The van der Waals surface area contributed by atoms with E-state index in [1.165, 1.54) is 18.3 Å². The third kappa shape index (κ3) is 4.54. The van der Waals surface area contributed by atoms with Crippen LogP contribution in [0.2, 0.25) is 5.02 Å². The minimum atomic E-state index is -0.275. The number of aromatic nitrogens is 3. The van der Waals surface area contributed by atoms with E-state index in [-0.39, 0.29) is 5.82 Å². The predicted molar refractivity (Wildman–Crippen MR) is 94.8 cm³/mol. The van der Waals surface area contributed by atoms with Crippen LogP contribution in [0.15, 0.2) is 48.7 Å². The molecule has 0 aliphatic carbocycles. The number of anilines is 3. The lowest BCUT2D eigenvalue weighted by molar-refractivity contribution is 0.417. The Kier molecular flexibility index (Phi) is 5.25. The highest BCUT2D eigenvalue weighted by Gasteiger charge is 2.07.